The van der Waals surface area contributed by atoms with Gasteiger partial charge in [-0.2, -0.15) is 0 Å². The Morgan fingerprint density at radius 2 is 1.85 bits per heavy atom. The molecule has 0 fully saturated rings. The summed E-state index contributed by atoms with van der Waals surface area (Å²) in [6, 6.07) is 10.8. The summed E-state index contributed by atoms with van der Waals surface area (Å²) in [4.78, 5) is 5.87. The van der Waals surface area contributed by atoms with Crippen LogP contribution < -0.4 is 5.32 Å². The average Bonchev–Trinajstić information content (AvgIpc) is 2.38. The van der Waals surface area contributed by atoms with Gasteiger partial charge in [-0.15, -0.1) is 11.8 Å². The Hall–Kier alpha value is -1.48. The third-order valence-corrected chi connectivity index (χ3v) is 4.29. The topological polar surface area (TPSA) is 24.9 Å². The quantitative estimate of drug-likeness (QED) is 0.809. The molecule has 0 saturated heterocycles. The molecule has 0 amide bonds. The lowest BCUT2D eigenvalue weighted by molar-refractivity contribution is 0.839. The first kappa shape index (κ1) is 14.9. The summed E-state index contributed by atoms with van der Waals surface area (Å²) in [5, 5.41) is 3.62. The number of hydrogen-bond acceptors (Lipinski definition) is 3. The molecule has 0 aliphatic rings. The monoisotopic (exact) mass is 286 g/mol. The van der Waals surface area contributed by atoms with Crippen molar-refractivity contribution in [2.45, 2.75) is 38.6 Å². The van der Waals surface area contributed by atoms with Crippen LogP contribution in [0.15, 0.2) is 35.2 Å². The van der Waals surface area contributed by atoms with Crippen LogP contribution in [0.4, 0.5) is 5.69 Å². The number of thioether (sulfide) groups is 1. The van der Waals surface area contributed by atoms with Crippen molar-refractivity contribution in [2.24, 2.45) is 0 Å². The zero-order valence-corrected chi connectivity index (χ0v) is 13.6. The Morgan fingerprint density at radius 1 is 1.15 bits per heavy atom. The van der Waals surface area contributed by atoms with E-state index in [2.05, 4.69) is 67.7 Å². The number of para-hydroxylation sites is 1. The highest BCUT2D eigenvalue weighted by molar-refractivity contribution is 7.98. The van der Waals surface area contributed by atoms with E-state index in [-0.39, 0.29) is 6.04 Å². The Kier molecular flexibility index (Phi) is 4.71. The van der Waals surface area contributed by atoms with E-state index in [0.717, 1.165) is 11.4 Å². The fourth-order valence-corrected chi connectivity index (χ4v) is 3.32. The lowest BCUT2D eigenvalue weighted by Gasteiger charge is -2.21. The Balaban J connectivity index is 2.31. The predicted octanol–water partition coefficient (Wildman–Crippen LogP) is 4.90. The summed E-state index contributed by atoms with van der Waals surface area (Å²) in [6.07, 6.45) is 2.11. The highest BCUT2D eigenvalue weighted by Gasteiger charge is 2.14. The van der Waals surface area contributed by atoms with Crippen LogP contribution in [0.25, 0.3) is 0 Å². The molecule has 0 saturated carbocycles. The maximum absolute atomic E-state index is 4.59. The van der Waals surface area contributed by atoms with Gasteiger partial charge < -0.3 is 5.32 Å². The minimum atomic E-state index is 0.247. The lowest BCUT2D eigenvalue weighted by atomic mass is 10.00. The normalized spacial score (nSPS) is 12.2. The molecule has 1 unspecified atom stereocenters. The highest BCUT2D eigenvalue weighted by atomic mass is 32.2. The second-order valence-electron chi connectivity index (χ2n) is 5.15. The van der Waals surface area contributed by atoms with Crippen molar-refractivity contribution in [1.29, 1.82) is 0 Å². The molecule has 1 atom stereocenters. The van der Waals surface area contributed by atoms with E-state index >= 15 is 0 Å². The van der Waals surface area contributed by atoms with Crippen molar-refractivity contribution < 1.29 is 0 Å². The second kappa shape index (κ2) is 6.31. The second-order valence-corrected chi connectivity index (χ2v) is 5.99. The van der Waals surface area contributed by atoms with Gasteiger partial charge in [0.05, 0.1) is 6.04 Å². The van der Waals surface area contributed by atoms with E-state index in [9.17, 15) is 0 Å². The van der Waals surface area contributed by atoms with Crippen molar-refractivity contribution in [2.75, 3.05) is 11.6 Å². The van der Waals surface area contributed by atoms with E-state index in [0.29, 0.717) is 0 Å². The Labute approximate surface area is 126 Å². The SMILES string of the molecule is CSc1ccccc1NC(C)c1c(C)cc(C)nc1C. The van der Waals surface area contributed by atoms with Gasteiger partial charge in [0.1, 0.15) is 0 Å². The Morgan fingerprint density at radius 3 is 2.50 bits per heavy atom. The number of aromatic nitrogens is 1. The first-order valence-corrected chi connectivity index (χ1v) is 8.09. The van der Waals surface area contributed by atoms with Crippen LogP contribution in [0, 0.1) is 20.8 Å². The third kappa shape index (κ3) is 3.15. The van der Waals surface area contributed by atoms with Gasteiger partial charge in [0.2, 0.25) is 0 Å². The summed E-state index contributed by atoms with van der Waals surface area (Å²) in [7, 11) is 0. The maximum atomic E-state index is 4.59. The minimum Gasteiger partial charge on any atom is -0.378 e. The van der Waals surface area contributed by atoms with Crippen molar-refractivity contribution in [3.63, 3.8) is 0 Å². The standard InChI is InChI=1S/C17H22N2S/c1-11-10-12(2)18-13(3)17(11)14(4)19-15-8-6-7-9-16(15)20-5/h6-10,14,19H,1-5H3. The molecule has 2 nitrogen and oxygen atoms in total. The van der Waals surface area contributed by atoms with Gasteiger partial charge in [0.15, 0.2) is 0 Å². The molecule has 0 aliphatic carbocycles. The number of hydrogen-bond donors (Lipinski definition) is 1. The van der Waals surface area contributed by atoms with E-state index in [1.165, 1.54) is 21.7 Å². The van der Waals surface area contributed by atoms with Gasteiger partial charge in [-0.25, -0.2) is 0 Å². The van der Waals surface area contributed by atoms with Crippen LogP contribution in [0.5, 0.6) is 0 Å². The molecule has 106 valence electrons. The largest absolute Gasteiger partial charge is 0.378 e. The van der Waals surface area contributed by atoms with Gasteiger partial charge in [0, 0.05) is 22.0 Å². The van der Waals surface area contributed by atoms with Crippen LogP contribution in [0.3, 0.4) is 0 Å². The molecule has 1 aromatic carbocycles. The molecule has 2 rings (SSSR count). The molecule has 1 heterocycles. The van der Waals surface area contributed by atoms with Gasteiger partial charge in [-0.3, -0.25) is 4.98 Å². The molecule has 1 aromatic heterocycles. The summed E-state index contributed by atoms with van der Waals surface area (Å²) >= 11 is 1.77. The molecule has 0 bridgehead atoms. The molecule has 0 radical (unpaired) electrons. The summed E-state index contributed by atoms with van der Waals surface area (Å²) < 4.78 is 0. The fourth-order valence-electron chi connectivity index (χ4n) is 2.76. The molecule has 0 aliphatic heterocycles. The van der Waals surface area contributed by atoms with E-state index in [1.54, 1.807) is 11.8 Å². The predicted molar refractivity (Wildman–Crippen MR) is 88.7 cm³/mol. The van der Waals surface area contributed by atoms with Gasteiger partial charge in [-0.1, -0.05) is 12.1 Å². The minimum absolute atomic E-state index is 0.247. The van der Waals surface area contributed by atoms with Crippen LogP contribution >= 0.6 is 11.8 Å². The molecule has 2 aromatic rings. The number of nitrogens with zero attached hydrogens (tertiary/aromatic N) is 1. The van der Waals surface area contributed by atoms with E-state index < -0.39 is 0 Å². The number of anilines is 1. The number of nitrogens with one attached hydrogen (secondary N) is 1. The van der Waals surface area contributed by atoms with Crippen molar-refractivity contribution >= 4 is 17.4 Å². The van der Waals surface area contributed by atoms with Gasteiger partial charge in [0.25, 0.3) is 0 Å². The summed E-state index contributed by atoms with van der Waals surface area (Å²) in [5.74, 6) is 0. The zero-order chi connectivity index (χ0) is 14.7. The summed E-state index contributed by atoms with van der Waals surface area (Å²) in [5.41, 5.74) is 5.99. The van der Waals surface area contributed by atoms with Gasteiger partial charge >= 0.3 is 0 Å². The number of pyridine rings is 1. The van der Waals surface area contributed by atoms with E-state index in [1.807, 2.05) is 6.92 Å². The van der Waals surface area contributed by atoms with Crippen molar-refractivity contribution in [3.8, 4) is 0 Å². The zero-order valence-electron chi connectivity index (χ0n) is 12.8. The smallest absolute Gasteiger partial charge is 0.0506 e. The molecule has 0 spiro atoms. The average molecular weight is 286 g/mol. The number of rotatable bonds is 4. The Bertz CT molecular complexity index is 585. The fraction of sp³-hybridized carbons (Fsp3) is 0.353. The van der Waals surface area contributed by atoms with E-state index in [4.69, 9.17) is 0 Å². The lowest BCUT2D eigenvalue weighted by Crippen LogP contribution is -2.12. The number of aryl methyl sites for hydroxylation is 3. The highest BCUT2D eigenvalue weighted by Crippen LogP contribution is 2.30. The molecular weight excluding hydrogens is 264 g/mol. The van der Waals surface area contributed by atoms with Crippen LogP contribution in [0.2, 0.25) is 0 Å². The van der Waals surface area contributed by atoms with Crippen LogP contribution in [-0.2, 0) is 0 Å². The van der Waals surface area contributed by atoms with Crippen molar-refractivity contribution in [1.82, 2.24) is 4.98 Å². The number of benzene rings is 1. The molecule has 20 heavy (non-hydrogen) atoms. The first-order valence-electron chi connectivity index (χ1n) is 6.87. The van der Waals surface area contributed by atoms with Crippen molar-refractivity contribution in [3.05, 3.63) is 52.8 Å². The molecular formula is C17H22N2S. The first-order chi connectivity index (χ1) is 9.52. The maximum Gasteiger partial charge on any atom is 0.0506 e. The third-order valence-electron chi connectivity index (χ3n) is 3.50. The molecule has 1 N–H and O–H groups in total. The van der Waals surface area contributed by atoms with Crippen LogP contribution in [0.1, 0.15) is 35.5 Å². The van der Waals surface area contributed by atoms with Crippen LogP contribution in [-0.4, -0.2) is 11.2 Å². The van der Waals surface area contributed by atoms with Gasteiger partial charge in [-0.05, 0) is 63.3 Å². The summed E-state index contributed by atoms with van der Waals surface area (Å²) in [6.45, 7) is 8.50. The molecule has 3 heteroatoms.